The minimum Gasteiger partial charge on any atom is -0.492 e. The maximum Gasteiger partial charge on any atom is 0.137 e. The first-order chi connectivity index (χ1) is 10.2. The van der Waals surface area contributed by atoms with Gasteiger partial charge >= 0.3 is 0 Å². The fourth-order valence-electron chi connectivity index (χ4n) is 2.28. The standard InChI is InChI=1S/C17H23N3O/c1-3-21-16-10-15(11-19-12-16)17(20-18)9-8-14-6-4-13(2)5-7-14/h4-7,10-12,17,20H,3,8-9,18H2,1-2H3. The van der Waals surface area contributed by atoms with Gasteiger partial charge in [-0.15, -0.1) is 0 Å². The second-order valence-electron chi connectivity index (χ2n) is 5.13. The zero-order chi connectivity index (χ0) is 15.1. The number of nitrogens with one attached hydrogen (secondary N) is 1. The van der Waals surface area contributed by atoms with Gasteiger partial charge in [-0.05, 0) is 43.9 Å². The van der Waals surface area contributed by atoms with Gasteiger partial charge in [0.2, 0.25) is 0 Å². The molecule has 2 aromatic rings. The van der Waals surface area contributed by atoms with Gasteiger partial charge in [0.15, 0.2) is 0 Å². The summed E-state index contributed by atoms with van der Waals surface area (Å²) in [7, 11) is 0. The minimum atomic E-state index is 0.0687. The highest BCUT2D eigenvalue weighted by Crippen LogP contribution is 2.21. The normalized spacial score (nSPS) is 12.1. The lowest BCUT2D eigenvalue weighted by atomic mass is 10.00. The molecule has 1 heterocycles. The van der Waals surface area contributed by atoms with Crippen molar-refractivity contribution in [1.82, 2.24) is 10.4 Å². The van der Waals surface area contributed by atoms with Crippen LogP contribution >= 0.6 is 0 Å². The average Bonchev–Trinajstić information content (AvgIpc) is 2.50. The summed E-state index contributed by atoms with van der Waals surface area (Å²) in [6, 6.07) is 10.7. The molecule has 0 saturated heterocycles. The van der Waals surface area contributed by atoms with Crippen LogP contribution in [0.15, 0.2) is 42.7 Å². The van der Waals surface area contributed by atoms with Gasteiger partial charge < -0.3 is 4.74 Å². The Hall–Kier alpha value is -1.91. The molecule has 112 valence electrons. The molecular formula is C17H23N3O. The molecule has 0 saturated carbocycles. The van der Waals surface area contributed by atoms with Crippen LogP contribution in [0.5, 0.6) is 5.75 Å². The summed E-state index contributed by atoms with van der Waals surface area (Å²) in [6.45, 7) is 4.69. The van der Waals surface area contributed by atoms with Crippen molar-refractivity contribution in [2.24, 2.45) is 5.84 Å². The van der Waals surface area contributed by atoms with Crippen molar-refractivity contribution in [2.75, 3.05) is 6.61 Å². The van der Waals surface area contributed by atoms with Crippen molar-refractivity contribution in [2.45, 2.75) is 32.7 Å². The van der Waals surface area contributed by atoms with Crippen LogP contribution in [0.1, 0.15) is 36.1 Å². The SMILES string of the molecule is CCOc1cncc(C(CCc2ccc(C)cc2)NN)c1. The van der Waals surface area contributed by atoms with Gasteiger partial charge in [0, 0.05) is 12.2 Å². The highest BCUT2D eigenvalue weighted by atomic mass is 16.5. The molecule has 4 heteroatoms. The van der Waals surface area contributed by atoms with Gasteiger partial charge in [-0.3, -0.25) is 16.3 Å². The molecule has 0 amide bonds. The van der Waals surface area contributed by atoms with Crippen LogP contribution in [-0.2, 0) is 6.42 Å². The molecule has 0 spiro atoms. The Labute approximate surface area is 126 Å². The largest absolute Gasteiger partial charge is 0.492 e. The lowest BCUT2D eigenvalue weighted by molar-refractivity contribution is 0.337. The average molecular weight is 285 g/mol. The molecule has 0 fully saturated rings. The predicted octanol–water partition coefficient (Wildman–Crippen LogP) is 2.93. The molecule has 3 N–H and O–H groups in total. The number of benzene rings is 1. The topological polar surface area (TPSA) is 60.2 Å². The van der Waals surface area contributed by atoms with E-state index in [-0.39, 0.29) is 6.04 Å². The first-order valence-corrected chi connectivity index (χ1v) is 7.32. The molecule has 0 bridgehead atoms. The second-order valence-corrected chi connectivity index (χ2v) is 5.13. The lowest BCUT2D eigenvalue weighted by Gasteiger charge is -2.17. The summed E-state index contributed by atoms with van der Waals surface area (Å²) < 4.78 is 5.49. The monoisotopic (exact) mass is 285 g/mol. The Balaban J connectivity index is 2.02. The Bertz CT molecular complexity index is 554. The van der Waals surface area contributed by atoms with E-state index in [0.717, 1.165) is 24.2 Å². The minimum absolute atomic E-state index is 0.0687. The van der Waals surface area contributed by atoms with Crippen LogP contribution in [0, 0.1) is 6.92 Å². The number of pyridine rings is 1. The molecular weight excluding hydrogens is 262 g/mol. The van der Waals surface area contributed by atoms with Crippen LogP contribution in [0.4, 0.5) is 0 Å². The maximum atomic E-state index is 5.70. The fraction of sp³-hybridized carbons (Fsp3) is 0.353. The van der Waals surface area contributed by atoms with E-state index >= 15 is 0 Å². The number of nitrogens with zero attached hydrogens (tertiary/aromatic N) is 1. The van der Waals surface area contributed by atoms with Gasteiger partial charge in [-0.1, -0.05) is 29.8 Å². The number of ether oxygens (including phenoxy) is 1. The van der Waals surface area contributed by atoms with E-state index in [0.29, 0.717) is 6.61 Å². The van der Waals surface area contributed by atoms with Crippen molar-refractivity contribution >= 4 is 0 Å². The van der Waals surface area contributed by atoms with E-state index in [4.69, 9.17) is 10.6 Å². The van der Waals surface area contributed by atoms with Gasteiger partial charge in [-0.2, -0.15) is 0 Å². The first-order valence-electron chi connectivity index (χ1n) is 7.32. The molecule has 4 nitrogen and oxygen atoms in total. The smallest absolute Gasteiger partial charge is 0.137 e. The second kappa shape index (κ2) is 7.76. The molecule has 1 unspecified atom stereocenters. The third-order valence-corrected chi connectivity index (χ3v) is 3.49. The summed E-state index contributed by atoms with van der Waals surface area (Å²) >= 11 is 0. The van der Waals surface area contributed by atoms with Gasteiger partial charge in [-0.25, -0.2) is 0 Å². The van der Waals surface area contributed by atoms with Crippen LogP contribution in [0.2, 0.25) is 0 Å². The highest BCUT2D eigenvalue weighted by Gasteiger charge is 2.11. The number of hydrazine groups is 1. The Morgan fingerprint density at radius 3 is 2.67 bits per heavy atom. The third kappa shape index (κ3) is 4.55. The summed E-state index contributed by atoms with van der Waals surface area (Å²) in [4.78, 5) is 4.22. The number of aromatic nitrogens is 1. The summed E-state index contributed by atoms with van der Waals surface area (Å²) in [5.74, 6) is 6.48. The number of hydrogen-bond acceptors (Lipinski definition) is 4. The quantitative estimate of drug-likeness (QED) is 0.606. The van der Waals surface area contributed by atoms with Crippen molar-refractivity contribution in [3.05, 3.63) is 59.4 Å². The predicted molar refractivity (Wildman–Crippen MR) is 85.0 cm³/mol. The number of hydrogen-bond donors (Lipinski definition) is 2. The Kier molecular flexibility index (Phi) is 5.72. The summed E-state index contributed by atoms with van der Waals surface area (Å²) in [5, 5.41) is 0. The number of aryl methyl sites for hydroxylation is 2. The Morgan fingerprint density at radius 1 is 1.24 bits per heavy atom. The van der Waals surface area contributed by atoms with Gasteiger partial charge in [0.25, 0.3) is 0 Å². The third-order valence-electron chi connectivity index (χ3n) is 3.49. The molecule has 1 aromatic carbocycles. The van der Waals surface area contributed by atoms with Crippen LogP contribution in [0.25, 0.3) is 0 Å². The molecule has 0 aliphatic heterocycles. The summed E-state index contributed by atoms with van der Waals surface area (Å²) in [5.41, 5.74) is 6.52. The molecule has 1 aromatic heterocycles. The van der Waals surface area contributed by atoms with E-state index in [1.807, 2.05) is 19.2 Å². The van der Waals surface area contributed by atoms with Crippen molar-refractivity contribution in [3.63, 3.8) is 0 Å². The first kappa shape index (κ1) is 15.5. The zero-order valence-corrected chi connectivity index (χ0v) is 12.7. The maximum absolute atomic E-state index is 5.70. The fourth-order valence-corrected chi connectivity index (χ4v) is 2.28. The van der Waals surface area contributed by atoms with E-state index in [1.165, 1.54) is 11.1 Å². The number of rotatable bonds is 7. The molecule has 2 rings (SSSR count). The van der Waals surface area contributed by atoms with E-state index in [9.17, 15) is 0 Å². The van der Waals surface area contributed by atoms with E-state index < -0.39 is 0 Å². The van der Waals surface area contributed by atoms with Crippen molar-refractivity contribution in [1.29, 1.82) is 0 Å². The van der Waals surface area contributed by atoms with Crippen molar-refractivity contribution in [3.8, 4) is 5.75 Å². The van der Waals surface area contributed by atoms with Gasteiger partial charge in [0.1, 0.15) is 5.75 Å². The molecule has 0 aliphatic rings. The number of nitrogens with two attached hydrogens (primary N) is 1. The van der Waals surface area contributed by atoms with Crippen LogP contribution < -0.4 is 16.0 Å². The van der Waals surface area contributed by atoms with E-state index in [1.54, 1.807) is 6.20 Å². The zero-order valence-electron chi connectivity index (χ0n) is 12.7. The van der Waals surface area contributed by atoms with Crippen LogP contribution in [0.3, 0.4) is 0 Å². The molecule has 1 atom stereocenters. The molecule has 0 aliphatic carbocycles. The van der Waals surface area contributed by atoms with Gasteiger partial charge in [0.05, 0.1) is 12.8 Å². The van der Waals surface area contributed by atoms with E-state index in [2.05, 4.69) is 41.6 Å². The van der Waals surface area contributed by atoms with Crippen LogP contribution in [-0.4, -0.2) is 11.6 Å². The summed E-state index contributed by atoms with van der Waals surface area (Å²) in [6.07, 6.45) is 5.44. The highest BCUT2D eigenvalue weighted by molar-refractivity contribution is 5.27. The Morgan fingerprint density at radius 2 is 2.00 bits per heavy atom. The van der Waals surface area contributed by atoms with Crippen molar-refractivity contribution < 1.29 is 4.74 Å². The molecule has 0 radical (unpaired) electrons. The molecule has 21 heavy (non-hydrogen) atoms. The lowest BCUT2D eigenvalue weighted by Crippen LogP contribution is -2.28.